The molecule has 0 aliphatic carbocycles. The van der Waals surface area contributed by atoms with Gasteiger partial charge in [0.25, 0.3) is 0 Å². The lowest BCUT2D eigenvalue weighted by Gasteiger charge is -2.26. The summed E-state index contributed by atoms with van der Waals surface area (Å²) in [7, 11) is 1.61. The second-order valence-corrected chi connectivity index (χ2v) is 9.28. The molecule has 4 aromatic rings. The Bertz CT molecular complexity index is 1190. The van der Waals surface area contributed by atoms with E-state index in [1.54, 1.807) is 11.8 Å². The fourth-order valence-electron chi connectivity index (χ4n) is 3.65. The minimum absolute atomic E-state index is 0.0171. The van der Waals surface area contributed by atoms with Crippen LogP contribution in [0.15, 0.2) is 84.0 Å². The number of benzene rings is 3. The molecule has 0 bridgehead atoms. The molecule has 0 saturated carbocycles. The van der Waals surface area contributed by atoms with Crippen molar-refractivity contribution in [3.05, 3.63) is 95.6 Å². The molecule has 0 N–H and O–H groups in total. The lowest BCUT2D eigenvalue weighted by molar-refractivity contribution is -0.131. The van der Waals surface area contributed by atoms with Gasteiger partial charge in [-0.05, 0) is 53.1 Å². The first kappa shape index (κ1) is 23.5. The highest BCUT2D eigenvalue weighted by atomic mass is 32.2. The van der Waals surface area contributed by atoms with Gasteiger partial charge < -0.3 is 9.64 Å². The summed E-state index contributed by atoms with van der Waals surface area (Å²) >= 11 is 1.33. The molecule has 0 aliphatic heterocycles. The monoisotopic (exact) mass is 473 g/mol. The van der Waals surface area contributed by atoms with Gasteiger partial charge in [-0.1, -0.05) is 78.5 Å². The zero-order chi connectivity index (χ0) is 23.9. The van der Waals surface area contributed by atoms with Crippen molar-refractivity contribution < 1.29 is 9.53 Å². The van der Waals surface area contributed by atoms with E-state index in [0.717, 1.165) is 22.4 Å². The summed E-state index contributed by atoms with van der Waals surface area (Å²) in [5.74, 6) is 0.678. The summed E-state index contributed by atoms with van der Waals surface area (Å²) in [6.45, 7) is 4.94. The molecule has 0 fully saturated rings. The standard InChI is InChI=1S/C26H27N5O2S/c1-19-14-15-24(33-3)23(16-19)31-26(27-28-29-31)34-20(2)25(32)30(17-21-10-6-4-7-11-21)18-22-12-8-5-9-13-22/h4-16,20H,17-18H2,1-3H3. The van der Waals surface area contributed by atoms with Gasteiger partial charge in [-0.3, -0.25) is 4.79 Å². The van der Waals surface area contributed by atoms with Crippen molar-refractivity contribution in [2.24, 2.45) is 0 Å². The number of thioether (sulfide) groups is 1. The van der Waals surface area contributed by atoms with Crippen LogP contribution in [-0.2, 0) is 17.9 Å². The van der Waals surface area contributed by atoms with E-state index in [9.17, 15) is 4.79 Å². The largest absolute Gasteiger partial charge is 0.494 e. The van der Waals surface area contributed by atoms with Crippen LogP contribution in [0, 0.1) is 6.92 Å². The summed E-state index contributed by atoms with van der Waals surface area (Å²) in [6.07, 6.45) is 0. The van der Waals surface area contributed by atoms with Crippen LogP contribution >= 0.6 is 11.8 Å². The minimum atomic E-state index is -0.395. The molecule has 4 rings (SSSR count). The van der Waals surface area contributed by atoms with Crippen molar-refractivity contribution in [1.29, 1.82) is 0 Å². The van der Waals surface area contributed by atoms with Crippen LogP contribution in [0.3, 0.4) is 0 Å². The van der Waals surface area contributed by atoms with Crippen molar-refractivity contribution in [2.75, 3.05) is 7.11 Å². The molecule has 1 aromatic heterocycles. The van der Waals surface area contributed by atoms with Gasteiger partial charge >= 0.3 is 0 Å². The van der Waals surface area contributed by atoms with Crippen LogP contribution in [0.4, 0.5) is 0 Å². The molecule has 0 spiro atoms. The van der Waals surface area contributed by atoms with Crippen molar-refractivity contribution in [3.63, 3.8) is 0 Å². The number of carbonyl (C=O) groups is 1. The molecule has 0 radical (unpaired) electrons. The van der Waals surface area contributed by atoms with Gasteiger partial charge in [-0.15, -0.1) is 5.10 Å². The Balaban J connectivity index is 1.57. The summed E-state index contributed by atoms with van der Waals surface area (Å²) in [4.78, 5) is 15.5. The SMILES string of the molecule is COc1ccc(C)cc1-n1nnnc1SC(C)C(=O)N(Cc1ccccc1)Cc1ccccc1. The average molecular weight is 474 g/mol. The van der Waals surface area contributed by atoms with E-state index >= 15 is 0 Å². The third-order valence-electron chi connectivity index (χ3n) is 5.38. The normalized spacial score (nSPS) is 11.7. The van der Waals surface area contributed by atoms with Crippen LogP contribution in [0.1, 0.15) is 23.6 Å². The number of tetrazole rings is 1. The maximum Gasteiger partial charge on any atom is 0.236 e. The van der Waals surface area contributed by atoms with E-state index in [-0.39, 0.29) is 5.91 Å². The van der Waals surface area contributed by atoms with Crippen molar-refractivity contribution in [2.45, 2.75) is 37.3 Å². The number of hydrogen-bond donors (Lipinski definition) is 0. The highest BCUT2D eigenvalue weighted by molar-refractivity contribution is 8.00. The topological polar surface area (TPSA) is 73.1 Å². The quantitative estimate of drug-likeness (QED) is 0.329. The van der Waals surface area contributed by atoms with Gasteiger partial charge in [-0.2, -0.15) is 4.68 Å². The second-order valence-electron chi connectivity index (χ2n) is 7.97. The number of aryl methyl sites for hydroxylation is 1. The molecule has 1 heterocycles. The fourth-order valence-corrected chi connectivity index (χ4v) is 4.54. The number of rotatable bonds is 9. The first-order valence-electron chi connectivity index (χ1n) is 11.0. The molecule has 8 heteroatoms. The molecule has 1 atom stereocenters. The third-order valence-corrected chi connectivity index (χ3v) is 6.40. The van der Waals surface area contributed by atoms with Crippen molar-refractivity contribution in [1.82, 2.24) is 25.1 Å². The van der Waals surface area contributed by atoms with Crippen molar-refractivity contribution in [3.8, 4) is 11.4 Å². The lowest BCUT2D eigenvalue weighted by Crippen LogP contribution is -2.35. The zero-order valence-electron chi connectivity index (χ0n) is 19.5. The summed E-state index contributed by atoms with van der Waals surface area (Å²) in [5.41, 5.74) is 3.96. The van der Waals surface area contributed by atoms with Crippen molar-refractivity contribution >= 4 is 17.7 Å². The maximum absolute atomic E-state index is 13.6. The summed E-state index contributed by atoms with van der Waals surface area (Å²) in [5, 5.41) is 12.3. The molecule has 174 valence electrons. The number of methoxy groups -OCH3 is 1. The van der Waals surface area contributed by atoms with Gasteiger partial charge in [0.1, 0.15) is 11.4 Å². The average Bonchev–Trinajstić information content (AvgIpc) is 3.32. The van der Waals surface area contributed by atoms with Crippen LogP contribution in [-0.4, -0.2) is 43.4 Å². The summed E-state index contributed by atoms with van der Waals surface area (Å²) in [6, 6.07) is 25.9. The number of hydrogen-bond acceptors (Lipinski definition) is 6. The van der Waals surface area contributed by atoms with E-state index in [0.29, 0.717) is 24.0 Å². The van der Waals surface area contributed by atoms with E-state index in [4.69, 9.17) is 4.74 Å². The molecular formula is C26H27N5O2S. The predicted octanol–water partition coefficient (Wildman–Crippen LogP) is 4.69. The minimum Gasteiger partial charge on any atom is -0.494 e. The number of carbonyl (C=O) groups excluding carboxylic acids is 1. The Morgan fingerprint density at radius 2 is 1.62 bits per heavy atom. The number of nitrogens with zero attached hydrogens (tertiary/aromatic N) is 5. The van der Waals surface area contributed by atoms with Crippen LogP contribution in [0.2, 0.25) is 0 Å². The molecule has 1 unspecified atom stereocenters. The molecule has 1 amide bonds. The molecule has 34 heavy (non-hydrogen) atoms. The molecule has 0 saturated heterocycles. The Morgan fingerprint density at radius 3 is 2.21 bits per heavy atom. The molecule has 7 nitrogen and oxygen atoms in total. The van der Waals surface area contributed by atoms with Crippen LogP contribution < -0.4 is 4.74 Å². The smallest absolute Gasteiger partial charge is 0.236 e. The molecular weight excluding hydrogens is 446 g/mol. The van der Waals surface area contributed by atoms with Gasteiger partial charge in [0.05, 0.1) is 12.4 Å². The highest BCUT2D eigenvalue weighted by Gasteiger charge is 2.25. The Kier molecular flexibility index (Phi) is 7.59. The van der Waals surface area contributed by atoms with E-state index in [1.165, 1.54) is 11.8 Å². The van der Waals surface area contributed by atoms with Crippen LogP contribution in [0.25, 0.3) is 5.69 Å². The number of aromatic nitrogens is 4. The van der Waals surface area contributed by atoms with Crippen LogP contribution in [0.5, 0.6) is 5.75 Å². The Labute approximate surface area is 203 Å². The zero-order valence-corrected chi connectivity index (χ0v) is 20.3. The first-order valence-corrected chi connectivity index (χ1v) is 11.9. The first-order chi connectivity index (χ1) is 16.5. The maximum atomic E-state index is 13.6. The molecule has 3 aromatic carbocycles. The molecule has 0 aliphatic rings. The van der Waals surface area contributed by atoms with Gasteiger partial charge in [0.2, 0.25) is 11.1 Å². The third kappa shape index (κ3) is 5.63. The second kappa shape index (κ2) is 11.0. The number of ether oxygens (including phenoxy) is 1. The lowest BCUT2D eigenvalue weighted by atomic mass is 10.1. The van der Waals surface area contributed by atoms with Gasteiger partial charge in [-0.25, -0.2) is 0 Å². The predicted molar refractivity (Wildman–Crippen MR) is 133 cm³/mol. The highest BCUT2D eigenvalue weighted by Crippen LogP contribution is 2.29. The van der Waals surface area contributed by atoms with Gasteiger partial charge in [0.15, 0.2) is 0 Å². The van der Waals surface area contributed by atoms with Gasteiger partial charge in [0, 0.05) is 13.1 Å². The number of amides is 1. The van der Waals surface area contributed by atoms with E-state index in [2.05, 4.69) is 15.5 Å². The van der Waals surface area contributed by atoms with E-state index < -0.39 is 5.25 Å². The Hall–Kier alpha value is -3.65. The summed E-state index contributed by atoms with van der Waals surface area (Å²) < 4.78 is 7.13. The fraction of sp³-hybridized carbons (Fsp3) is 0.231. The Morgan fingerprint density at radius 1 is 1.00 bits per heavy atom. The van der Waals surface area contributed by atoms with E-state index in [1.807, 2.05) is 97.6 Å².